The third-order valence-corrected chi connectivity index (χ3v) is 3.16. The topological polar surface area (TPSA) is 96.6 Å². The Hall–Kier alpha value is -1.96. The summed E-state index contributed by atoms with van der Waals surface area (Å²) in [5.41, 5.74) is 0.631. The quantitative estimate of drug-likeness (QED) is 0.859. The van der Waals surface area contributed by atoms with Gasteiger partial charge in [-0.1, -0.05) is 13.3 Å². The monoisotopic (exact) mass is 340 g/mol. The molecule has 0 aliphatic rings. The van der Waals surface area contributed by atoms with Crippen molar-refractivity contribution in [3.63, 3.8) is 0 Å². The number of carboxylic acid groups (broad SMARTS) is 1. The van der Waals surface area contributed by atoms with E-state index >= 15 is 0 Å². The summed E-state index contributed by atoms with van der Waals surface area (Å²) in [5, 5.41) is 15.5. The summed E-state index contributed by atoms with van der Waals surface area (Å²) in [6.07, 6.45) is 5.62. The molecule has 0 aliphatic carbocycles. The predicted octanol–water partition coefficient (Wildman–Crippen LogP) is 1.47. The lowest BCUT2D eigenvalue weighted by Gasteiger charge is -2.12. The van der Waals surface area contributed by atoms with Crippen LogP contribution in [0.3, 0.4) is 0 Å². The highest BCUT2D eigenvalue weighted by Gasteiger charge is 2.22. The Morgan fingerprint density at radius 3 is 2.90 bits per heavy atom. The van der Waals surface area contributed by atoms with Crippen molar-refractivity contribution in [2.45, 2.75) is 25.8 Å². The molecule has 2 aromatic rings. The van der Waals surface area contributed by atoms with Gasteiger partial charge in [-0.05, 0) is 22.4 Å². The van der Waals surface area contributed by atoms with Gasteiger partial charge in [0.25, 0.3) is 5.91 Å². The maximum Gasteiger partial charge on any atom is 0.326 e. The number of halogens is 1. The molecule has 1 atom stereocenters. The van der Waals surface area contributed by atoms with Gasteiger partial charge in [-0.15, -0.1) is 0 Å². The summed E-state index contributed by atoms with van der Waals surface area (Å²) in [7, 11) is 0. The molecule has 7 nitrogen and oxygen atoms in total. The van der Waals surface area contributed by atoms with Gasteiger partial charge in [-0.2, -0.15) is 5.10 Å². The minimum Gasteiger partial charge on any atom is -0.480 e. The normalized spacial score (nSPS) is 12.3. The number of carbonyl (C=O) groups is 2. The van der Waals surface area contributed by atoms with Crippen LogP contribution in [-0.2, 0) is 4.79 Å². The number of nitrogens with zero attached hydrogens (tertiary/aromatic N) is 3. The van der Waals surface area contributed by atoms with E-state index in [1.807, 2.05) is 6.92 Å². The number of carbonyl (C=O) groups excluding carboxylic acids is 1. The molecule has 1 unspecified atom stereocenters. The smallest absolute Gasteiger partial charge is 0.326 e. The fourth-order valence-electron chi connectivity index (χ4n) is 1.79. The molecule has 2 heterocycles. The van der Waals surface area contributed by atoms with E-state index in [-0.39, 0.29) is 5.56 Å². The van der Waals surface area contributed by atoms with E-state index in [9.17, 15) is 9.59 Å². The summed E-state index contributed by atoms with van der Waals surface area (Å²) in [6, 6.07) is -0.905. The highest BCUT2D eigenvalue weighted by atomic mass is 79.9. The standard InChI is InChI=1S/C12H13BrN4O3/c1-2-3-9(12(19)20)16-11(18)8-5-15-17-6-7(13)4-14-10(8)17/h4-6,9H,2-3H2,1H3,(H,16,18)(H,19,20). The van der Waals surface area contributed by atoms with Crippen LogP contribution in [0.5, 0.6) is 0 Å². The Morgan fingerprint density at radius 2 is 2.25 bits per heavy atom. The Balaban J connectivity index is 2.25. The summed E-state index contributed by atoms with van der Waals surface area (Å²) in [5.74, 6) is -1.54. The zero-order valence-corrected chi connectivity index (χ0v) is 12.3. The summed E-state index contributed by atoms with van der Waals surface area (Å²) < 4.78 is 2.18. The molecule has 2 aromatic heterocycles. The number of hydrogen-bond acceptors (Lipinski definition) is 4. The summed E-state index contributed by atoms with van der Waals surface area (Å²) in [4.78, 5) is 27.3. The van der Waals surface area contributed by atoms with Crippen molar-refractivity contribution in [3.05, 3.63) is 28.6 Å². The zero-order chi connectivity index (χ0) is 14.7. The molecule has 0 aliphatic heterocycles. The van der Waals surface area contributed by atoms with Crippen LogP contribution in [0.1, 0.15) is 30.1 Å². The van der Waals surface area contributed by atoms with Gasteiger partial charge < -0.3 is 10.4 Å². The van der Waals surface area contributed by atoms with Crippen LogP contribution in [0, 0.1) is 0 Å². The molecule has 2 rings (SSSR count). The molecule has 0 saturated carbocycles. The largest absolute Gasteiger partial charge is 0.480 e. The molecule has 0 saturated heterocycles. The number of amides is 1. The Kier molecular flexibility index (Phi) is 4.33. The maximum absolute atomic E-state index is 12.1. The third-order valence-electron chi connectivity index (χ3n) is 2.75. The summed E-state index contributed by atoms with van der Waals surface area (Å²) >= 11 is 3.26. The van der Waals surface area contributed by atoms with Crippen LogP contribution in [0.25, 0.3) is 5.65 Å². The van der Waals surface area contributed by atoms with Crippen molar-refractivity contribution in [1.82, 2.24) is 19.9 Å². The van der Waals surface area contributed by atoms with Crippen LogP contribution in [0.15, 0.2) is 23.1 Å². The first-order valence-corrected chi connectivity index (χ1v) is 6.84. The van der Waals surface area contributed by atoms with E-state index in [4.69, 9.17) is 5.11 Å². The van der Waals surface area contributed by atoms with E-state index in [0.29, 0.717) is 18.5 Å². The Morgan fingerprint density at radius 1 is 1.50 bits per heavy atom. The third kappa shape index (κ3) is 2.96. The fraction of sp³-hybridized carbons (Fsp3) is 0.333. The van der Waals surface area contributed by atoms with Crippen LogP contribution < -0.4 is 5.32 Å². The number of aliphatic carboxylic acids is 1. The van der Waals surface area contributed by atoms with Crippen molar-refractivity contribution < 1.29 is 14.7 Å². The van der Waals surface area contributed by atoms with Gasteiger partial charge in [0.1, 0.15) is 11.6 Å². The van der Waals surface area contributed by atoms with Gasteiger partial charge in [0.15, 0.2) is 5.65 Å². The fourth-order valence-corrected chi connectivity index (χ4v) is 2.09. The predicted molar refractivity (Wildman–Crippen MR) is 74.5 cm³/mol. The Labute approximate surface area is 123 Å². The molecule has 2 N–H and O–H groups in total. The molecule has 0 fully saturated rings. The maximum atomic E-state index is 12.1. The number of hydrogen-bond donors (Lipinski definition) is 2. The van der Waals surface area contributed by atoms with Crippen molar-refractivity contribution in [1.29, 1.82) is 0 Å². The number of carboxylic acids is 1. The second-order valence-electron chi connectivity index (χ2n) is 4.25. The molecule has 20 heavy (non-hydrogen) atoms. The lowest BCUT2D eigenvalue weighted by molar-refractivity contribution is -0.139. The molecule has 0 aromatic carbocycles. The van der Waals surface area contributed by atoms with Crippen molar-refractivity contribution >= 4 is 33.5 Å². The van der Waals surface area contributed by atoms with Gasteiger partial charge in [-0.25, -0.2) is 14.3 Å². The van der Waals surface area contributed by atoms with Crippen LogP contribution in [0.2, 0.25) is 0 Å². The van der Waals surface area contributed by atoms with Gasteiger partial charge in [0.2, 0.25) is 0 Å². The molecule has 8 heteroatoms. The van der Waals surface area contributed by atoms with Crippen LogP contribution in [0.4, 0.5) is 0 Å². The van der Waals surface area contributed by atoms with Crippen LogP contribution >= 0.6 is 15.9 Å². The van der Waals surface area contributed by atoms with Crippen molar-refractivity contribution in [2.24, 2.45) is 0 Å². The first-order chi connectivity index (χ1) is 9.52. The van der Waals surface area contributed by atoms with E-state index in [1.165, 1.54) is 10.7 Å². The molecule has 106 valence electrons. The highest BCUT2D eigenvalue weighted by molar-refractivity contribution is 9.10. The van der Waals surface area contributed by atoms with E-state index in [0.717, 1.165) is 4.47 Å². The molecular weight excluding hydrogens is 328 g/mol. The zero-order valence-electron chi connectivity index (χ0n) is 10.7. The second-order valence-corrected chi connectivity index (χ2v) is 5.17. The van der Waals surface area contributed by atoms with Gasteiger partial charge >= 0.3 is 5.97 Å². The molecule has 1 amide bonds. The first-order valence-electron chi connectivity index (χ1n) is 6.05. The minimum atomic E-state index is -1.05. The van der Waals surface area contributed by atoms with Crippen LogP contribution in [-0.4, -0.2) is 37.6 Å². The molecule has 0 spiro atoms. The SMILES string of the molecule is CCCC(NC(=O)c1cnn2cc(Br)cnc12)C(=O)O. The van der Waals surface area contributed by atoms with Crippen molar-refractivity contribution in [3.8, 4) is 0 Å². The second kappa shape index (κ2) is 6.00. The van der Waals surface area contributed by atoms with Gasteiger partial charge in [0.05, 0.1) is 10.7 Å². The summed E-state index contributed by atoms with van der Waals surface area (Å²) in [6.45, 7) is 1.86. The first kappa shape index (κ1) is 14.4. The number of aromatic nitrogens is 3. The van der Waals surface area contributed by atoms with E-state index < -0.39 is 17.9 Å². The number of rotatable bonds is 5. The average Bonchev–Trinajstić information content (AvgIpc) is 2.80. The average molecular weight is 341 g/mol. The molecule has 0 radical (unpaired) electrons. The van der Waals surface area contributed by atoms with Gasteiger partial charge in [-0.3, -0.25) is 4.79 Å². The lowest BCUT2D eigenvalue weighted by atomic mass is 10.1. The highest BCUT2D eigenvalue weighted by Crippen LogP contribution is 2.12. The van der Waals surface area contributed by atoms with Crippen molar-refractivity contribution in [2.75, 3.05) is 0 Å². The van der Waals surface area contributed by atoms with E-state index in [2.05, 4.69) is 31.3 Å². The Bertz CT molecular complexity index is 655. The number of nitrogens with one attached hydrogen (secondary N) is 1. The lowest BCUT2D eigenvalue weighted by Crippen LogP contribution is -2.40. The minimum absolute atomic E-state index is 0.250. The molecule has 0 bridgehead atoms. The van der Waals surface area contributed by atoms with Gasteiger partial charge in [0, 0.05) is 12.4 Å². The number of fused-ring (bicyclic) bond motifs is 1. The molecular formula is C12H13BrN4O3. The van der Waals surface area contributed by atoms with E-state index in [1.54, 1.807) is 12.4 Å².